The van der Waals surface area contributed by atoms with Gasteiger partial charge < -0.3 is 4.74 Å². The molecule has 6 heteroatoms. The van der Waals surface area contributed by atoms with E-state index in [9.17, 15) is 13.2 Å². The number of hydrogen-bond donors (Lipinski definition) is 0. The molecule has 0 N–H and O–H groups in total. The van der Waals surface area contributed by atoms with Crippen LogP contribution in [-0.4, -0.2) is 12.1 Å². The van der Waals surface area contributed by atoms with Gasteiger partial charge in [-0.15, -0.1) is 0 Å². The van der Waals surface area contributed by atoms with Gasteiger partial charge in [0.25, 0.3) is 0 Å². The van der Waals surface area contributed by atoms with Gasteiger partial charge in [-0.3, -0.25) is 0 Å². The minimum atomic E-state index is -4.51. The molecule has 18 heavy (non-hydrogen) atoms. The monoisotopic (exact) mass is 275 g/mol. The van der Waals surface area contributed by atoms with Crippen LogP contribution in [0.15, 0.2) is 18.2 Å². The molecule has 2 rings (SSSR count). The zero-order chi connectivity index (χ0) is 13.5. The Morgan fingerprint density at radius 1 is 1.22 bits per heavy atom. The molecule has 0 spiro atoms. The summed E-state index contributed by atoms with van der Waals surface area (Å²) in [7, 11) is 1.48. The van der Waals surface area contributed by atoms with Crippen molar-refractivity contribution in [3.05, 3.63) is 34.5 Å². The summed E-state index contributed by atoms with van der Waals surface area (Å²) in [5, 5.41) is 0.454. The first-order valence-corrected chi connectivity index (χ1v) is 5.43. The molecular weight excluding hydrogens is 267 g/mol. The molecule has 0 unspecified atom stereocenters. The highest BCUT2D eigenvalue weighted by atomic mass is 35.5. The number of hydrogen-bond acceptors (Lipinski definition) is 2. The fraction of sp³-hybridized carbons (Fsp3) is 0.250. The highest BCUT2D eigenvalue weighted by molar-refractivity contribution is 6.35. The first-order valence-electron chi connectivity index (χ1n) is 5.05. The fourth-order valence-corrected chi connectivity index (χ4v) is 1.94. The van der Waals surface area contributed by atoms with Crippen LogP contribution in [0.1, 0.15) is 11.3 Å². The third-order valence-electron chi connectivity index (χ3n) is 2.55. The maximum Gasteiger partial charge on any atom is 0.433 e. The molecule has 0 aliphatic heterocycles. The molecule has 0 amide bonds. The molecule has 0 atom stereocenters. The summed E-state index contributed by atoms with van der Waals surface area (Å²) in [5.41, 5.74) is -0.179. The van der Waals surface area contributed by atoms with Gasteiger partial charge in [0.1, 0.15) is 11.4 Å². The lowest BCUT2D eigenvalue weighted by Crippen LogP contribution is -2.08. The predicted molar refractivity (Wildman–Crippen MR) is 63.0 cm³/mol. The summed E-state index contributed by atoms with van der Waals surface area (Å²) in [6.45, 7) is 1.66. The number of benzene rings is 1. The van der Waals surface area contributed by atoms with E-state index in [4.69, 9.17) is 16.3 Å². The van der Waals surface area contributed by atoms with Crippen LogP contribution >= 0.6 is 11.6 Å². The van der Waals surface area contributed by atoms with Crippen LogP contribution in [0.5, 0.6) is 5.75 Å². The van der Waals surface area contributed by atoms with E-state index in [1.165, 1.54) is 7.11 Å². The van der Waals surface area contributed by atoms with E-state index in [1.807, 2.05) is 0 Å². The van der Waals surface area contributed by atoms with Crippen molar-refractivity contribution in [2.45, 2.75) is 13.1 Å². The van der Waals surface area contributed by atoms with Crippen LogP contribution < -0.4 is 4.74 Å². The Balaban J connectivity index is 2.78. The molecule has 0 fully saturated rings. The number of pyridine rings is 1. The quantitative estimate of drug-likeness (QED) is 0.777. The molecule has 0 saturated heterocycles. The van der Waals surface area contributed by atoms with E-state index in [-0.39, 0.29) is 10.5 Å². The molecule has 1 aromatic carbocycles. The van der Waals surface area contributed by atoms with E-state index in [0.29, 0.717) is 16.7 Å². The third-order valence-corrected chi connectivity index (χ3v) is 2.87. The number of rotatable bonds is 1. The van der Waals surface area contributed by atoms with Crippen LogP contribution in [-0.2, 0) is 6.18 Å². The number of fused-ring (bicyclic) bond motifs is 1. The highest BCUT2D eigenvalue weighted by Crippen LogP contribution is 2.35. The summed E-state index contributed by atoms with van der Waals surface area (Å²) in [4.78, 5) is 3.62. The Kier molecular flexibility index (Phi) is 3.11. The maximum atomic E-state index is 12.6. The summed E-state index contributed by atoms with van der Waals surface area (Å²) >= 11 is 5.87. The van der Waals surface area contributed by atoms with E-state index in [2.05, 4.69) is 4.98 Å². The van der Waals surface area contributed by atoms with Crippen LogP contribution in [0.3, 0.4) is 0 Å². The van der Waals surface area contributed by atoms with E-state index in [0.717, 1.165) is 6.07 Å². The van der Waals surface area contributed by atoms with E-state index >= 15 is 0 Å². The van der Waals surface area contributed by atoms with Crippen LogP contribution in [0, 0.1) is 6.92 Å². The molecule has 96 valence electrons. The number of halogens is 4. The van der Waals surface area contributed by atoms with Crippen molar-refractivity contribution >= 4 is 22.5 Å². The normalized spacial score (nSPS) is 11.9. The maximum absolute atomic E-state index is 12.6. The second-order valence-corrected chi connectivity index (χ2v) is 4.23. The van der Waals surface area contributed by atoms with Gasteiger partial charge in [-0.2, -0.15) is 13.2 Å². The van der Waals surface area contributed by atoms with E-state index in [1.54, 1.807) is 19.1 Å². The first-order chi connectivity index (χ1) is 8.32. The Bertz CT molecular complexity index is 610. The Hall–Kier alpha value is -1.49. The largest absolute Gasteiger partial charge is 0.497 e. The van der Waals surface area contributed by atoms with Crippen molar-refractivity contribution in [3.8, 4) is 5.75 Å². The topological polar surface area (TPSA) is 22.1 Å². The number of aryl methyl sites for hydroxylation is 1. The van der Waals surface area contributed by atoms with Gasteiger partial charge in [0, 0.05) is 5.39 Å². The smallest absolute Gasteiger partial charge is 0.433 e. The first kappa shape index (κ1) is 13.0. The van der Waals surface area contributed by atoms with Crippen LogP contribution in [0.25, 0.3) is 10.9 Å². The number of ether oxygens (including phenoxy) is 1. The molecular formula is C12H9ClF3NO. The van der Waals surface area contributed by atoms with Crippen molar-refractivity contribution in [1.82, 2.24) is 4.98 Å². The third kappa shape index (κ3) is 2.22. The minimum Gasteiger partial charge on any atom is -0.497 e. The van der Waals surface area contributed by atoms with Gasteiger partial charge in [-0.05, 0) is 30.7 Å². The van der Waals surface area contributed by atoms with Gasteiger partial charge in [0.15, 0.2) is 0 Å². The number of nitrogens with zero attached hydrogens (tertiary/aromatic N) is 1. The fourth-order valence-electron chi connectivity index (χ4n) is 1.69. The molecule has 0 bridgehead atoms. The van der Waals surface area contributed by atoms with Crippen molar-refractivity contribution in [1.29, 1.82) is 0 Å². The Morgan fingerprint density at radius 2 is 1.89 bits per heavy atom. The lowest BCUT2D eigenvalue weighted by molar-refractivity contribution is -0.140. The van der Waals surface area contributed by atoms with Crippen LogP contribution in [0.4, 0.5) is 13.2 Å². The molecule has 2 nitrogen and oxygen atoms in total. The molecule has 1 heterocycles. The molecule has 0 radical (unpaired) electrons. The molecule has 0 aliphatic carbocycles. The second-order valence-electron chi connectivity index (χ2n) is 3.83. The summed E-state index contributed by atoms with van der Waals surface area (Å²) < 4.78 is 42.9. The van der Waals surface area contributed by atoms with Gasteiger partial charge in [0.05, 0.1) is 17.6 Å². The number of alkyl halides is 3. The van der Waals surface area contributed by atoms with Gasteiger partial charge >= 0.3 is 6.18 Å². The number of methoxy groups -OCH3 is 1. The number of aromatic nitrogens is 1. The second kappa shape index (κ2) is 4.31. The lowest BCUT2D eigenvalue weighted by atomic mass is 10.1. The zero-order valence-electron chi connectivity index (χ0n) is 9.60. The van der Waals surface area contributed by atoms with Crippen molar-refractivity contribution < 1.29 is 17.9 Å². The molecule has 0 saturated carbocycles. The SMILES string of the molecule is COc1cc(C)c2nc(C(F)(F)F)cc(Cl)c2c1. The summed E-state index contributed by atoms with van der Waals surface area (Å²) in [5.74, 6) is 0.531. The predicted octanol–water partition coefficient (Wildman–Crippen LogP) is 4.22. The minimum absolute atomic E-state index is 0.00863. The van der Waals surface area contributed by atoms with Crippen molar-refractivity contribution in [3.63, 3.8) is 0 Å². The average Bonchev–Trinajstić information content (AvgIpc) is 2.28. The highest BCUT2D eigenvalue weighted by Gasteiger charge is 2.33. The summed E-state index contributed by atoms with van der Waals surface area (Å²) in [6.07, 6.45) is -4.51. The molecule has 2 aromatic rings. The van der Waals surface area contributed by atoms with Gasteiger partial charge in [0.2, 0.25) is 0 Å². The average molecular weight is 276 g/mol. The lowest BCUT2D eigenvalue weighted by Gasteiger charge is -2.11. The Morgan fingerprint density at radius 3 is 2.44 bits per heavy atom. The zero-order valence-corrected chi connectivity index (χ0v) is 10.4. The van der Waals surface area contributed by atoms with Gasteiger partial charge in [-0.25, -0.2) is 4.98 Å². The summed E-state index contributed by atoms with van der Waals surface area (Å²) in [6, 6.07) is 4.01. The van der Waals surface area contributed by atoms with Gasteiger partial charge in [-0.1, -0.05) is 11.6 Å². The van der Waals surface area contributed by atoms with Crippen molar-refractivity contribution in [2.75, 3.05) is 7.11 Å². The molecule has 0 aliphatic rings. The van der Waals surface area contributed by atoms with Crippen LogP contribution in [0.2, 0.25) is 5.02 Å². The molecule has 1 aromatic heterocycles. The standard InChI is InChI=1S/C12H9ClF3NO/c1-6-3-7(18-2)4-8-9(13)5-10(12(14,15)16)17-11(6)8/h3-5H,1-2H3. The Labute approximate surface area is 106 Å². The van der Waals surface area contributed by atoms with Crippen molar-refractivity contribution in [2.24, 2.45) is 0 Å². The van der Waals surface area contributed by atoms with E-state index < -0.39 is 11.9 Å².